The smallest absolute Gasteiger partial charge is 0.319 e. The second kappa shape index (κ2) is 11.4. The number of nitrogens with zero attached hydrogens (tertiary/aromatic N) is 5. The SMILES string of the molecule is C#Cc1c(F)ccc2cc(O)cc(-c3ncc4c(N5C[C@@H]6CC[C@](COC7CC7)(C5)N6)nc(OC[C@@]56CCCN5C[C@H](F)C6)nc4c3F)c12. The molecule has 12 heteroatoms. The van der Waals surface area contributed by atoms with Crippen molar-refractivity contribution < 1.29 is 27.8 Å². The standard InChI is InChI=1S/C37H37F3N6O3/c1-2-26-29(39)7-4-21-12-24(47)13-27(30(21)26)32-31(40)33-28(15-41-32)34(45-17-23-8-10-36(18-45,44-23)19-48-25-5-6-25)43-35(42-33)49-20-37-9-3-11-46(37)16-22(38)14-37/h1,4,7,12-13,15,22-23,25,44,47H,3,5-6,8-11,14,16-20H2/t22-,23+,36-,37+/m1/s1. The minimum atomic E-state index is -0.928. The minimum Gasteiger partial charge on any atom is -0.508 e. The van der Waals surface area contributed by atoms with E-state index in [1.54, 1.807) is 0 Å². The summed E-state index contributed by atoms with van der Waals surface area (Å²) in [7, 11) is 0. The maximum absolute atomic E-state index is 17.0. The first-order valence-electron chi connectivity index (χ1n) is 17.2. The van der Waals surface area contributed by atoms with Gasteiger partial charge in [0.1, 0.15) is 41.4 Å². The quantitative estimate of drug-likeness (QED) is 0.244. The lowest BCUT2D eigenvalue weighted by Crippen LogP contribution is -2.62. The largest absolute Gasteiger partial charge is 0.508 e. The number of phenols is 1. The van der Waals surface area contributed by atoms with E-state index in [2.05, 4.69) is 31.0 Å². The molecule has 2 N–H and O–H groups in total. The predicted octanol–water partition coefficient (Wildman–Crippen LogP) is 5.26. The van der Waals surface area contributed by atoms with Crippen LogP contribution in [0.2, 0.25) is 0 Å². The number of alkyl halides is 1. The average molecular weight is 671 g/mol. The Bertz CT molecular complexity index is 2040. The number of aromatic nitrogens is 3. The molecule has 1 aliphatic carbocycles. The number of halogens is 3. The summed E-state index contributed by atoms with van der Waals surface area (Å²) in [4.78, 5) is 18.3. The predicted molar refractivity (Wildman–Crippen MR) is 178 cm³/mol. The van der Waals surface area contributed by atoms with Gasteiger partial charge in [0.25, 0.3) is 0 Å². The summed E-state index contributed by atoms with van der Waals surface area (Å²) >= 11 is 0. The highest BCUT2D eigenvalue weighted by molar-refractivity contribution is 6.03. The highest BCUT2D eigenvalue weighted by Gasteiger charge is 2.50. The van der Waals surface area contributed by atoms with E-state index in [1.165, 1.54) is 30.5 Å². The summed E-state index contributed by atoms with van der Waals surface area (Å²) in [6.07, 6.45) is 12.8. The Morgan fingerprint density at radius 2 is 1.98 bits per heavy atom. The molecule has 2 bridgehead atoms. The minimum absolute atomic E-state index is 0.00707. The molecule has 6 heterocycles. The van der Waals surface area contributed by atoms with Gasteiger partial charge < -0.3 is 24.8 Å². The zero-order valence-electron chi connectivity index (χ0n) is 27.0. The Kier molecular flexibility index (Phi) is 7.20. The second-order valence-corrected chi connectivity index (χ2v) is 14.6. The highest BCUT2D eigenvalue weighted by Crippen LogP contribution is 2.43. The normalized spacial score (nSPS) is 28.0. The number of nitrogens with one attached hydrogen (secondary N) is 1. The van der Waals surface area contributed by atoms with Gasteiger partial charge in [-0.05, 0) is 68.7 Å². The molecule has 4 aliphatic heterocycles. The van der Waals surface area contributed by atoms with Crippen molar-refractivity contribution in [1.29, 1.82) is 0 Å². The molecule has 0 spiro atoms. The molecule has 5 aliphatic rings. The molecule has 4 atom stereocenters. The fraction of sp³-hybridized carbons (Fsp3) is 0.486. The second-order valence-electron chi connectivity index (χ2n) is 14.6. The van der Waals surface area contributed by atoms with Crippen LogP contribution in [0.1, 0.15) is 50.5 Å². The lowest BCUT2D eigenvalue weighted by molar-refractivity contribution is 0.0606. The van der Waals surface area contributed by atoms with Crippen LogP contribution in [0.4, 0.5) is 19.0 Å². The number of piperazine rings is 1. The number of rotatable bonds is 8. The third-order valence-corrected chi connectivity index (χ3v) is 11.2. The van der Waals surface area contributed by atoms with Crippen LogP contribution in [-0.2, 0) is 4.74 Å². The topological polar surface area (TPSA) is 95.9 Å². The third kappa shape index (κ3) is 5.25. The maximum atomic E-state index is 17.0. The van der Waals surface area contributed by atoms with E-state index in [4.69, 9.17) is 20.9 Å². The molecule has 49 heavy (non-hydrogen) atoms. The molecular weight excluding hydrogens is 633 g/mol. The number of phenolic OH excluding ortho intramolecular Hbond substituents is 1. The molecule has 1 saturated carbocycles. The van der Waals surface area contributed by atoms with E-state index >= 15 is 4.39 Å². The molecule has 254 valence electrons. The lowest BCUT2D eigenvalue weighted by Gasteiger charge is -2.42. The van der Waals surface area contributed by atoms with Crippen LogP contribution in [0.25, 0.3) is 32.9 Å². The van der Waals surface area contributed by atoms with E-state index in [-0.39, 0.29) is 57.7 Å². The van der Waals surface area contributed by atoms with Gasteiger partial charge in [-0.2, -0.15) is 9.97 Å². The molecule has 9 nitrogen and oxygen atoms in total. The fourth-order valence-electron chi connectivity index (χ4n) is 8.73. The van der Waals surface area contributed by atoms with Crippen LogP contribution in [0.15, 0.2) is 30.5 Å². The van der Waals surface area contributed by atoms with Gasteiger partial charge in [0.2, 0.25) is 0 Å². The Morgan fingerprint density at radius 1 is 1.10 bits per heavy atom. The maximum Gasteiger partial charge on any atom is 0.319 e. The van der Waals surface area contributed by atoms with Gasteiger partial charge in [-0.25, -0.2) is 13.2 Å². The van der Waals surface area contributed by atoms with Crippen LogP contribution in [-0.4, -0.2) is 93.7 Å². The molecule has 9 rings (SSSR count). The van der Waals surface area contributed by atoms with Crippen molar-refractivity contribution in [3.63, 3.8) is 0 Å². The van der Waals surface area contributed by atoms with Crippen molar-refractivity contribution in [2.45, 2.75) is 74.3 Å². The van der Waals surface area contributed by atoms with Crippen molar-refractivity contribution in [1.82, 2.24) is 25.2 Å². The number of terminal acetylenes is 1. The number of ether oxygens (including phenoxy) is 2. The summed E-state index contributed by atoms with van der Waals surface area (Å²) in [6, 6.07) is 5.67. The molecule has 0 unspecified atom stereocenters. The van der Waals surface area contributed by atoms with E-state index < -0.39 is 23.3 Å². The van der Waals surface area contributed by atoms with Crippen molar-refractivity contribution >= 4 is 27.5 Å². The highest BCUT2D eigenvalue weighted by atomic mass is 19.1. The Morgan fingerprint density at radius 3 is 2.82 bits per heavy atom. The summed E-state index contributed by atoms with van der Waals surface area (Å²) < 4.78 is 59.0. The number of hydrogen-bond donors (Lipinski definition) is 2. The van der Waals surface area contributed by atoms with Crippen LogP contribution in [0.5, 0.6) is 11.8 Å². The first-order chi connectivity index (χ1) is 23.7. The van der Waals surface area contributed by atoms with Gasteiger partial charge in [-0.15, -0.1) is 6.42 Å². The van der Waals surface area contributed by atoms with Gasteiger partial charge in [-0.1, -0.05) is 12.0 Å². The summed E-state index contributed by atoms with van der Waals surface area (Å²) in [5, 5.41) is 15.5. The summed E-state index contributed by atoms with van der Waals surface area (Å²) in [5.74, 6) is 1.31. The first-order valence-corrected chi connectivity index (χ1v) is 17.2. The van der Waals surface area contributed by atoms with Crippen LogP contribution < -0.4 is 15.0 Å². The molecule has 4 aromatic rings. The monoisotopic (exact) mass is 670 g/mol. The van der Waals surface area contributed by atoms with Gasteiger partial charge in [0.05, 0.1) is 34.7 Å². The number of aromatic hydroxyl groups is 1. The third-order valence-electron chi connectivity index (χ3n) is 11.2. The van der Waals surface area contributed by atoms with Crippen LogP contribution >= 0.6 is 0 Å². The van der Waals surface area contributed by atoms with Crippen molar-refractivity contribution in [3.05, 3.63) is 47.7 Å². The van der Waals surface area contributed by atoms with Gasteiger partial charge >= 0.3 is 6.01 Å². The molecule has 0 amide bonds. The number of hydrogen-bond acceptors (Lipinski definition) is 9. The van der Waals surface area contributed by atoms with E-state index in [0.717, 1.165) is 45.1 Å². The summed E-state index contributed by atoms with van der Waals surface area (Å²) in [5.41, 5.74) is -0.799. The van der Waals surface area contributed by atoms with E-state index in [9.17, 15) is 13.9 Å². The van der Waals surface area contributed by atoms with Crippen LogP contribution in [0, 0.1) is 24.0 Å². The number of fused-ring (bicyclic) bond motifs is 5. The van der Waals surface area contributed by atoms with E-state index in [1.807, 2.05) is 0 Å². The molecule has 2 aromatic carbocycles. The number of anilines is 1. The average Bonchev–Trinajstić information content (AvgIpc) is 3.67. The van der Waals surface area contributed by atoms with Crippen LogP contribution in [0.3, 0.4) is 0 Å². The number of pyridine rings is 1. The van der Waals surface area contributed by atoms with Crippen molar-refractivity contribution in [2.24, 2.45) is 0 Å². The molecule has 5 fully saturated rings. The van der Waals surface area contributed by atoms with Crippen molar-refractivity contribution in [3.8, 4) is 35.4 Å². The zero-order chi connectivity index (χ0) is 33.5. The zero-order valence-corrected chi connectivity index (χ0v) is 27.0. The van der Waals surface area contributed by atoms with E-state index in [0.29, 0.717) is 55.4 Å². The Balaban J connectivity index is 1.17. The van der Waals surface area contributed by atoms with Crippen molar-refractivity contribution in [2.75, 3.05) is 44.3 Å². The fourth-order valence-corrected chi connectivity index (χ4v) is 8.73. The molecular formula is C37H37F3N6O3. The van der Waals surface area contributed by atoms with Gasteiger partial charge in [0.15, 0.2) is 5.82 Å². The first kappa shape index (κ1) is 30.8. The lowest BCUT2D eigenvalue weighted by atomic mass is 9.95. The number of benzene rings is 2. The Hall–Kier alpha value is -4.18. The summed E-state index contributed by atoms with van der Waals surface area (Å²) in [6.45, 7) is 3.18. The molecule has 4 saturated heterocycles. The molecule has 0 radical (unpaired) electrons. The molecule has 2 aromatic heterocycles. The van der Waals surface area contributed by atoms with Gasteiger partial charge in [-0.3, -0.25) is 9.88 Å². The Labute approximate surface area is 281 Å². The van der Waals surface area contributed by atoms with Gasteiger partial charge in [0, 0.05) is 49.2 Å².